The zero-order valence-electron chi connectivity index (χ0n) is 23.3. The minimum Gasteiger partial charge on any atom is -0.350 e. The van der Waals surface area contributed by atoms with Gasteiger partial charge in [-0.3, -0.25) is 13.9 Å². The molecule has 0 aliphatic rings. The van der Waals surface area contributed by atoms with E-state index in [0.29, 0.717) is 27.7 Å². The molecule has 0 bridgehead atoms. The highest BCUT2D eigenvalue weighted by Gasteiger charge is 2.34. The largest absolute Gasteiger partial charge is 0.350 e. The Morgan fingerprint density at radius 3 is 2.10 bits per heavy atom. The van der Waals surface area contributed by atoms with Crippen molar-refractivity contribution in [2.45, 2.75) is 64.1 Å². The van der Waals surface area contributed by atoms with Gasteiger partial charge in [-0.2, -0.15) is 0 Å². The smallest absolute Gasteiger partial charge is 0.264 e. The Balaban J connectivity index is 2.07. The van der Waals surface area contributed by atoms with E-state index in [1.807, 2.05) is 27.7 Å². The van der Waals surface area contributed by atoms with Gasteiger partial charge in [-0.25, -0.2) is 8.42 Å². The molecule has 0 radical (unpaired) electrons. The van der Waals surface area contributed by atoms with Crippen molar-refractivity contribution in [2.24, 2.45) is 0 Å². The number of aryl methyl sites for hydroxylation is 1. The first kappa shape index (κ1) is 31.5. The second-order valence-corrected chi connectivity index (χ2v) is 13.3. The van der Waals surface area contributed by atoms with Gasteiger partial charge < -0.3 is 10.2 Å². The van der Waals surface area contributed by atoms with Crippen LogP contribution in [0.4, 0.5) is 5.69 Å². The Morgan fingerprint density at radius 1 is 0.925 bits per heavy atom. The fourth-order valence-electron chi connectivity index (χ4n) is 4.17. The number of carbonyl (C=O) groups excluding carboxylic acids is 2. The third-order valence-corrected chi connectivity index (χ3v) is 8.68. The molecule has 0 heterocycles. The maximum absolute atomic E-state index is 14.1. The van der Waals surface area contributed by atoms with Gasteiger partial charge in [0.1, 0.15) is 12.6 Å². The SMILES string of the molecule is CCC(C(=O)NC(C)(C)C)N(Cc1ccc(Cl)c(Cl)c1)C(=O)CN(c1ccc(C)cc1)S(=O)(=O)c1ccccc1. The summed E-state index contributed by atoms with van der Waals surface area (Å²) in [6, 6.07) is 19.0. The molecule has 0 spiro atoms. The zero-order valence-corrected chi connectivity index (χ0v) is 25.6. The van der Waals surface area contributed by atoms with Crippen LogP contribution in [0.1, 0.15) is 45.2 Å². The quantitative estimate of drug-likeness (QED) is 0.298. The highest BCUT2D eigenvalue weighted by atomic mass is 35.5. The number of carbonyl (C=O) groups is 2. The lowest BCUT2D eigenvalue weighted by molar-refractivity contribution is -0.141. The van der Waals surface area contributed by atoms with Crippen molar-refractivity contribution < 1.29 is 18.0 Å². The zero-order chi connectivity index (χ0) is 29.7. The van der Waals surface area contributed by atoms with Gasteiger partial charge in [0.15, 0.2) is 0 Å². The summed E-state index contributed by atoms with van der Waals surface area (Å²) in [5, 5.41) is 3.62. The van der Waals surface area contributed by atoms with Crippen LogP contribution in [0.2, 0.25) is 10.0 Å². The molecular weight excluding hydrogens is 569 g/mol. The van der Waals surface area contributed by atoms with E-state index in [2.05, 4.69) is 5.32 Å². The summed E-state index contributed by atoms with van der Waals surface area (Å²) in [5.74, 6) is -0.877. The van der Waals surface area contributed by atoms with Gasteiger partial charge in [0, 0.05) is 12.1 Å². The van der Waals surface area contributed by atoms with Gasteiger partial charge in [-0.1, -0.05) is 72.1 Å². The second-order valence-electron chi connectivity index (χ2n) is 10.6. The number of nitrogens with zero attached hydrogens (tertiary/aromatic N) is 2. The summed E-state index contributed by atoms with van der Waals surface area (Å²) in [6.07, 6.45) is 0.310. The van der Waals surface area contributed by atoms with Gasteiger partial charge in [-0.15, -0.1) is 0 Å². The first-order chi connectivity index (χ1) is 18.7. The molecule has 7 nitrogen and oxygen atoms in total. The lowest BCUT2D eigenvalue weighted by Crippen LogP contribution is -2.55. The number of amides is 2. The molecule has 1 unspecified atom stereocenters. The molecule has 2 amide bonds. The highest BCUT2D eigenvalue weighted by molar-refractivity contribution is 7.92. The summed E-state index contributed by atoms with van der Waals surface area (Å²) < 4.78 is 28.7. The predicted octanol–water partition coefficient (Wildman–Crippen LogP) is 6.22. The highest BCUT2D eigenvalue weighted by Crippen LogP contribution is 2.27. The Morgan fingerprint density at radius 2 is 1.55 bits per heavy atom. The molecule has 0 aliphatic carbocycles. The molecule has 3 aromatic rings. The molecule has 214 valence electrons. The molecule has 0 saturated carbocycles. The number of hydrogen-bond donors (Lipinski definition) is 1. The second kappa shape index (κ2) is 13.1. The molecule has 0 fully saturated rings. The average Bonchev–Trinajstić information content (AvgIpc) is 2.89. The minimum atomic E-state index is -4.12. The summed E-state index contributed by atoms with van der Waals surface area (Å²) in [6.45, 7) is 8.78. The van der Waals surface area contributed by atoms with Crippen molar-refractivity contribution in [3.8, 4) is 0 Å². The Labute approximate surface area is 247 Å². The van der Waals surface area contributed by atoms with Crippen molar-refractivity contribution in [3.05, 3.63) is 94.0 Å². The van der Waals surface area contributed by atoms with Crippen molar-refractivity contribution in [2.75, 3.05) is 10.8 Å². The number of anilines is 1. The van der Waals surface area contributed by atoms with Crippen LogP contribution in [0.3, 0.4) is 0 Å². The molecule has 3 aromatic carbocycles. The third kappa shape index (κ3) is 7.99. The first-order valence-corrected chi connectivity index (χ1v) is 15.1. The molecule has 0 saturated heterocycles. The minimum absolute atomic E-state index is 0.0267. The van der Waals surface area contributed by atoms with Gasteiger partial charge in [0.25, 0.3) is 10.0 Å². The van der Waals surface area contributed by atoms with Gasteiger partial charge in [0.05, 0.1) is 20.6 Å². The molecule has 0 aliphatic heterocycles. The molecule has 10 heteroatoms. The summed E-state index contributed by atoms with van der Waals surface area (Å²) in [4.78, 5) is 28.9. The maximum atomic E-state index is 14.1. The van der Waals surface area contributed by atoms with Crippen LogP contribution < -0.4 is 9.62 Å². The van der Waals surface area contributed by atoms with E-state index >= 15 is 0 Å². The van der Waals surface area contributed by atoms with E-state index in [1.54, 1.807) is 67.6 Å². The molecule has 0 aromatic heterocycles. The van der Waals surface area contributed by atoms with Crippen LogP contribution >= 0.6 is 23.2 Å². The average molecular weight is 605 g/mol. The van der Waals surface area contributed by atoms with E-state index < -0.39 is 34.1 Å². The van der Waals surface area contributed by atoms with Crippen molar-refractivity contribution >= 4 is 50.7 Å². The van der Waals surface area contributed by atoms with Crippen molar-refractivity contribution in [1.29, 1.82) is 0 Å². The molecule has 1 atom stereocenters. The number of benzene rings is 3. The predicted molar refractivity (Wildman–Crippen MR) is 161 cm³/mol. The Kier molecular flexibility index (Phi) is 10.3. The summed E-state index contributed by atoms with van der Waals surface area (Å²) >= 11 is 12.3. The van der Waals surface area contributed by atoms with Gasteiger partial charge in [-0.05, 0) is 76.1 Å². The van der Waals surface area contributed by atoms with Gasteiger partial charge in [0.2, 0.25) is 11.8 Å². The van der Waals surface area contributed by atoms with E-state index in [0.717, 1.165) is 9.87 Å². The number of halogens is 2. The fraction of sp³-hybridized carbons (Fsp3) is 0.333. The Bertz CT molecular complexity index is 1440. The maximum Gasteiger partial charge on any atom is 0.264 e. The number of nitrogens with one attached hydrogen (secondary N) is 1. The number of rotatable bonds is 10. The van der Waals surface area contributed by atoms with Crippen molar-refractivity contribution in [3.63, 3.8) is 0 Å². The summed E-state index contributed by atoms with van der Waals surface area (Å²) in [5.41, 5.74) is 1.40. The van der Waals surface area contributed by atoms with Gasteiger partial charge >= 0.3 is 0 Å². The first-order valence-electron chi connectivity index (χ1n) is 12.9. The Hall–Kier alpha value is -3.07. The third-order valence-electron chi connectivity index (χ3n) is 6.15. The van der Waals surface area contributed by atoms with Crippen LogP contribution in [-0.2, 0) is 26.2 Å². The molecule has 40 heavy (non-hydrogen) atoms. The standard InChI is InChI=1S/C30H35Cl2N3O4S/c1-6-27(29(37)33-30(3,4)5)34(19-22-14-17-25(31)26(32)18-22)28(36)20-35(23-15-12-21(2)13-16-23)40(38,39)24-10-8-7-9-11-24/h7-18,27H,6,19-20H2,1-5H3,(H,33,37). The van der Waals surface area contributed by atoms with E-state index in [4.69, 9.17) is 23.2 Å². The topological polar surface area (TPSA) is 86.8 Å². The lowest BCUT2D eigenvalue weighted by atomic mass is 10.1. The van der Waals surface area contributed by atoms with E-state index in [-0.39, 0.29) is 17.3 Å². The molecule has 1 N–H and O–H groups in total. The number of sulfonamides is 1. The molecule has 3 rings (SSSR count). The monoisotopic (exact) mass is 603 g/mol. The number of hydrogen-bond acceptors (Lipinski definition) is 4. The van der Waals surface area contributed by atoms with Crippen LogP contribution in [0.5, 0.6) is 0 Å². The van der Waals surface area contributed by atoms with E-state index in [9.17, 15) is 18.0 Å². The summed E-state index contributed by atoms with van der Waals surface area (Å²) in [7, 11) is -4.12. The fourth-order valence-corrected chi connectivity index (χ4v) is 5.92. The van der Waals surface area contributed by atoms with Crippen LogP contribution in [0.25, 0.3) is 0 Å². The van der Waals surface area contributed by atoms with Crippen molar-refractivity contribution in [1.82, 2.24) is 10.2 Å². The van der Waals surface area contributed by atoms with E-state index in [1.165, 1.54) is 17.0 Å². The van der Waals surface area contributed by atoms with Crippen LogP contribution in [-0.4, -0.2) is 43.3 Å². The normalized spacial score (nSPS) is 12.5. The van der Waals surface area contributed by atoms with Crippen LogP contribution in [0, 0.1) is 6.92 Å². The molecular formula is C30H35Cl2N3O4S. The van der Waals surface area contributed by atoms with Crippen LogP contribution in [0.15, 0.2) is 77.7 Å². The lowest BCUT2D eigenvalue weighted by Gasteiger charge is -2.34.